The fourth-order valence-corrected chi connectivity index (χ4v) is 5.75. The standard InChI is InChI=1S/C32H34N2O6/c1-21(39-19-22-11-3-2-4-12-22)28(29(35)34-32(30(36)37)17-9-10-18-32)33-31(38)40-20-27-25-15-7-5-13-23(25)24-14-6-8-16-26(24)27/h2-8,11-16,21,27-28H,9-10,17-20H2,1H3,(H,33,38)(H,34,35)(H,36,37)/t21-,28+/m0/s1. The molecule has 2 amide bonds. The van der Waals surface area contributed by atoms with E-state index in [1.54, 1.807) is 6.92 Å². The number of carbonyl (C=O) groups is 3. The Balaban J connectivity index is 1.29. The summed E-state index contributed by atoms with van der Waals surface area (Å²) in [5.41, 5.74) is 3.94. The number of carboxylic acids is 1. The number of carbonyl (C=O) groups excluding carboxylic acids is 2. The first-order valence-electron chi connectivity index (χ1n) is 13.7. The summed E-state index contributed by atoms with van der Waals surface area (Å²) in [4.78, 5) is 38.6. The lowest BCUT2D eigenvalue weighted by atomic mass is 9.96. The van der Waals surface area contributed by atoms with Gasteiger partial charge in [-0.05, 0) is 47.6 Å². The van der Waals surface area contributed by atoms with Crippen molar-refractivity contribution in [3.8, 4) is 11.1 Å². The van der Waals surface area contributed by atoms with E-state index in [2.05, 4.69) is 22.8 Å². The fourth-order valence-electron chi connectivity index (χ4n) is 5.75. The first-order chi connectivity index (χ1) is 19.4. The molecule has 8 nitrogen and oxygen atoms in total. The summed E-state index contributed by atoms with van der Waals surface area (Å²) < 4.78 is 11.6. The molecule has 0 unspecified atom stereocenters. The Bertz CT molecular complexity index is 1320. The monoisotopic (exact) mass is 542 g/mol. The zero-order valence-corrected chi connectivity index (χ0v) is 22.5. The molecule has 208 valence electrons. The van der Waals surface area contributed by atoms with Crippen molar-refractivity contribution in [2.45, 2.75) is 62.8 Å². The van der Waals surface area contributed by atoms with E-state index in [0.29, 0.717) is 25.7 Å². The van der Waals surface area contributed by atoms with Gasteiger partial charge in [0.05, 0.1) is 12.7 Å². The molecule has 0 spiro atoms. The summed E-state index contributed by atoms with van der Waals surface area (Å²) >= 11 is 0. The molecule has 0 aliphatic heterocycles. The number of fused-ring (bicyclic) bond motifs is 3. The minimum atomic E-state index is -1.35. The molecule has 3 N–H and O–H groups in total. The van der Waals surface area contributed by atoms with E-state index in [-0.39, 0.29) is 19.1 Å². The number of ether oxygens (including phenoxy) is 2. The first-order valence-corrected chi connectivity index (χ1v) is 13.7. The predicted octanol–water partition coefficient (Wildman–Crippen LogP) is 5.01. The van der Waals surface area contributed by atoms with Crippen LogP contribution in [0.1, 0.15) is 55.2 Å². The summed E-state index contributed by atoms with van der Waals surface area (Å²) in [7, 11) is 0. The van der Waals surface area contributed by atoms with Gasteiger partial charge in [-0.1, -0.05) is 91.7 Å². The third kappa shape index (κ3) is 5.72. The largest absolute Gasteiger partial charge is 0.480 e. The van der Waals surface area contributed by atoms with E-state index in [0.717, 1.165) is 27.8 Å². The smallest absolute Gasteiger partial charge is 0.407 e. The maximum Gasteiger partial charge on any atom is 0.407 e. The Hall–Kier alpha value is -4.17. The van der Waals surface area contributed by atoms with Crippen LogP contribution in [0.2, 0.25) is 0 Å². The highest BCUT2D eigenvalue weighted by molar-refractivity contribution is 5.92. The molecule has 3 aromatic carbocycles. The van der Waals surface area contributed by atoms with Crippen LogP contribution in [0.3, 0.4) is 0 Å². The third-order valence-electron chi connectivity index (χ3n) is 7.95. The molecule has 0 saturated heterocycles. The van der Waals surface area contributed by atoms with Crippen molar-refractivity contribution >= 4 is 18.0 Å². The number of nitrogens with one attached hydrogen (secondary N) is 2. The molecule has 5 rings (SSSR count). The summed E-state index contributed by atoms with van der Waals surface area (Å²) in [5, 5.41) is 15.2. The number of aliphatic carboxylic acids is 1. The van der Waals surface area contributed by atoms with E-state index in [4.69, 9.17) is 9.47 Å². The fraction of sp³-hybridized carbons (Fsp3) is 0.344. The van der Waals surface area contributed by atoms with Gasteiger partial charge in [0.15, 0.2) is 0 Å². The van der Waals surface area contributed by atoms with Crippen molar-refractivity contribution in [2.24, 2.45) is 0 Å². The summed E-state index contributed by atoms with van der Waals surface area (Å²) in [6, 6.07) is 24.4. The Kier molecular flexibility index (Phi) is 8.16. The second kappa shape index (κ2) is 11.9. The number of amides is 2. The molecule has 0 aromatic heterocycles. The molecule has 2 aliphatic rings. The van der Waals surface area contributed by atoms with Gasteiger partial charge in [0.25, 0.3) is 0 Å². The molecule has 0 heterocycles. The predicted molar refractivity (Wildman–Crippen MR) is 150 cm³/mol. The molecule has 1 fully saturated rings. The highest BCUT2D eigenvalue weighted by Crippen LogP contribution is 2.44. The number of benzene rings is 3. The zero-order chi connectivity index (χ0) is 28.1. The van der Waals surface area contributed by atoms with E-state index in [1.807, 2.05) is 66.7 Å². The van der Waals surface area contributed by atoms with Gasteiger partial charge < -0.3 is 25.2 Å². The Labute approximate surface area is 233 Å². The second-order valence-electron chi connectivity index (χ2n) is 10.5. The molecule has 2 atom stereocenters. The molecular formula is C32H34N2O6. The lowest BCUT2D eigenvalue weighted by molar-refractivity contribution is -0.148. The zero-order valence-electron chi connectivity index (χ0n) is 22.5. The molecular weight excluding hydrogens is 508 g/mol. The van der Waals surface area contributed by atoms with Gasteiger partial charge in [-0.3, -0.25) is 4.79 Å². The minimum absolute atomic E-state index is 0.0898. The van der Waals surface area contributed by atoms with Crippen molar-refractivity contribution < 1.29 is 29.0 Å². The van der Waals surface area contributed by atoms with Crippen molar-refractivity contribution in [2.75, 3.05) is 6.61 Å². The van der Waals surface area contributed by atoms with Crippen LogP contribution in [0.25, 0.3) is 11.1 Å². The van der Waals surface area contributed by atoms with Crippen LogP contribution in [-0.2, 0) is 25.7 Å². The van der Waals surface area contributed by atoms with E-state index in [1.165, 1.54) is 0 Å². The normalized spacial score (nSPS) is 16.8. The van der Waals surface area contributed by atoms with E-state index >= 15 is 0 Å². The van der Waals surface area contributed by atoms with Crippen LogP contribution in [0, 0.1) is 0 Å². The molecule has 1 saturated carbocycles. The van der Waals surface area contributed by atoms with Gasteiger partial charge in [-0.15, -0.1) is 0 Å². The van der Waals surface area contributed by atoms with Crippen LogP contribution < -0.4 is 10.6 Å². The first kappa shape index (κ1) is 27.4. The van der Waals surface area contributed by atoms with Crippen molar-refractivity contribution in [1.82, 2.24) is 10.6 Å². The number of carboxylic acid groups (broad SMARTS) is 1. The average Bonchev–Trinajstić information content (AvgIpc) is 3.57. The summed E-state index contributed by atoms with van der Waals surface area (Å²) in [6.07, 6.45) is 0.561. The molecule has 8 heteroatoms. The number of alkyl carbamates (subject to hydrolysis) is 1. The topological polar surface area (TPSA) is 114 Å². The van der Waals surface area contributed by atoms with Gasteiger partial charge in [0.2, 0.25) is 5.91 Å². The van der Waals surface area contributed by atoms with Gasteiger partial charge in [0.1, 0.15) is 18.2 Å². The highest BCUT2D eigenvalue weighted by atomic mass is 16.5. The van der Waals surface area contributed by atoms with Crippen molar-refractivity contribution in [3.05, 3.63) is 95.6 Å². The van der Waals surface area contributed by atoms with Crippen LogP contribution >= 0.6 is 0 Å². The van der Waals surface area contributed by atoms with Crippen LogP contribution in [0.5, 0.6) is 0 Å². The molecule has 40 heavy (non-hydrogen) atoms. The number of hydrogen-bond acceptors (Lipinski definition) is 5. The van der Waals surface area contributed by atoms with Crippen LogP contribution in [0.15, 0.2) is 78.9 Å². The van der Waals surface area contributed by atoms with Crippen LogP contribution in [0.4, 0.5) is 4.79 Å². The lowest BCUT2D eigenvalue weighted by Crippen LogP contribution is -2.60. The number of hydrogen-bond donors (Lipinski definition) is 3. The lowest BCUT2D eigenvalue weighted by Gasteiger charge is -2.30. The Morgan fingerprint density at radius 3 is 2.08 bits per heavy atom. The Morgan fingerprint density at radius 2 is 1.48 bits per heavy atom. The molecule has 2 aliphatic carbocycles. The maximum absolute atomic E-state index is 13.5. The Morgan fingerprint density at radius 1 is 0.900 bits per heavy atom. The minimum Gasteiger partial charge on any atom is -0.480 e. The van der Waals surface area contributed by atoms with Gasteiger partial charge in [-0.25, -0.2) is 9.59 Å². The third-order valence-corrected chi connectivity index (χ3v) is 7.95. The quantitative estimate of drug-likeness (QED) is 0.332. The van der Waals surface area contributed by atoms with Gasteiger partial charge in [0, 0.05) is 5.92 Å². The maximum atomic E-state index is 13.5. The summed E-state index contributed by atoms with van der Waals surface area (Å²) in [6.45, 7) is 1.99. The van der Waals surface area contributed by atoms with Gasteiger partial charge in [-0.2, -0.15) is 0 Å². The SMILES string of the molecule is C[C@H](OCc1ccccc1)[C@@H](NC(=O)OCC1c2ccccc2-c2ccccc21)C(=O)NC1(C(=O)O)CCCC1. The second-order valence-corrected chi connectivity index (χ2v) is 10.5. The highest BCUT2D eigenvalue weighted by Gasteiger charge is 2.44. The van der Waals surface area contributed by atoms with E-state index in [9.17, 15) is 19.5 Å². The molecule has 0 radical (unpaired) electrons. The molecule has 3 aromatic rings. The molecule has 0 bridgehead atoms. The van der Waals surface area contributed by atoms with Gasteiger partial charge >= 0.3 is 12.1 Å². The van der Waals surface area contributed by atoms with E-state index < -0.39 is 35.7 Å². The van der Waals surface area contributed by atoms with Crippen molar-refractivity contribution in [1.29, 1.82) is 0 Å². The van der Waals surface area contributed by atoms with Crippen molar-refractivity contribution in [3.63, 3.8) is 0 Å². The van der Waals surface area contributed by atoms with Crippen LogP contribution in [-0.4, -0.2) is 47.4 Å². The average molecular weight is 543 g/mol. The number of rotatable bonds is 10. The summed E-state index contributed by atoms with van der Waals surface area (Å²) in [5.74, 6) is -1.82.